The molecule has 35 heavy (non-hydrogen) atoms. The summed E-state index contributed by atoms with van der Waals surface area (Å²) in [4.78, 5) is 42.3. The van der Waals surface area contributed by atoms with E-state index in [1.165, 1.54) is 11.1 Å². The van der Waals surface area contributed by atoms with Gasteiger partial charge in [-0.15, -0.1) is 0 Å². The highest BCUT2D eigenvalue weighted by Crippen LogP contribution is 2.43. The number of primary amides is 1. The number of nitrogens with one attached hydrogen (secondary N) is 1. The van der Waals surface area contributed by atoms with Gasteiger partial charge in [-0.05, 0) is 76.1 Å². The first-order valence-electron chi connectivity index (χ1n) is 12.6. The Morgan fingerprint density at radius 2 is 1.89 bits per heavy atom. The minimum atomic E-state index is -0.851. The number of ether oxygens (including phenoxy) is 1. The molecule has 190 valence electrons. The molecule has 1 saturated heterocycles. The van der Waals surface area contributed by atoms with Crippen LogP contribution in [0.4, 0.5) is 4.79 Å². The predicted molar refractivity (Wildman–Crippen MR) is 134 cm³/mol. The highest BCUT2D eigenvalue weighted by Gasteiger charge is 2.52. The smallest absolute Gasteiger partial charge is 0.411 e. The molecule has 0 unspecified atom stereocenters. The Kier molecular flexibility index (Phi) is 7.22. The quantitative estimate of drug-likeness (QED) is 0.649. The molecule has 2 bridgehead atoms. The monoisotopic (exact) mass is 482 g/mol. The van der Waals surface area contributed by atoms with Gasteiger partial charge >= 0.3 is 6.09 Å². The molecule has 4 rings (SSSR count). The second-order valence-electron chi connectivity index (χ2n) is 11.2. The van der Waals surface area contributed by atoms with Gasteiger partial charge in [0.05, 0.1) is 0 Å². The number of likely N-dealkylation sites (N-methyl/N-ethyl adjacent to an activating group) is 1. The number of benzene rings is 1. The van der Waals surface area contributed by atoms with Crippen LogP contribution < -0.4 is 11.1 Å². The number of carbonyl (C=O) groups excluding carboxylic acids is 3. The number of fused-ring (bicyclic) bond motifs is 2. The standard InChI is InChI=1S/C27H38N4O4/c1-27(2,3)35-26(34)31-21-10-9-20(16-21)23(31)25(33)29-22(24(28)32)15-17-5-7-18(8-6-17)19-11-13-30(4)14-12-19/h5-8,11,20-23H,9-10,12-16H2,1-4H3,(H2,28,32)(H,29,33)/t20-,21+,22-,23-/m0/s1. The molecule has 3 N–H and O–H groups in total. The van der Waals surface area contributed by atoms with Crippen molar-refractivity contribution in [2.75, 3.05) is 20.1 Å². The van der Waals surface area contributed by atoms with Crippen LogP contribution in [0.1, 0.15) is 57.6 Å². The highest BCUT2D eigenvalue weighted by atomic mass is 16.6. The third kappa shape index (κ3) is 5.86. The lowest BCUT2D eigenvalue weighted by Gasteiger charge is -2.36. The Balaban J connectivity index is 1.43. The summed E-state index contributed by atoms with van der Waals surface area (Å²) in [6.45, 7) is 7.41. The molecule has 2 heterocycles. The SMILES string of the molecule is CN1CC=C(c2ccc(C[C@H](NC(=O)[C@@H]3[C@H]4CC[C@H](C4)N3C(=O)OC(C)(C)C)C(N)=O)cc2)CC1. The lowest BCUT2D eigenvalue weighted by atomic mass is 9.95. The summed E-state index contributed by atoms with van der Waals surface area (Å²) in [6, 6.07) is 6.61. The van der Waals surface area contributed by atoms with Gasteiger partial charge in [-0.25, -0.2) is 4.79 Å². The largest absolute Gasteiger partial charge is 0.444 e. The molecular weight excluding hydrogens is 444 g/mol. The van der Waals surface area contributed by atoms with Gasteiger partial charge in [-0.1, -0.05) is 30.3 Å². The van der Waals surface area contributed by atoms with Crippen molar-refractivity contribution in [2.45, 2.75) is 76.6 Å². The van der Waals surface area contributed by atoms with Crippen molar-refractivity contribution in [3.63, 3.8) is 0 Å². The maximum Gasteiger partial charge on any atom is 0.411 e. The molecule has 8 nitrogen and oxygen atoms in total. The number of carbonyl (C=O) groups is 3. The molecule has 2 fully saturated rings. The van der Waals surface area contributed by atoms with Gasteiger partial charge in [0.1, 0.15) is 17.7 Å². The van der Waals surface area contributed by atoms with E-state index >= 15 is 0 Å². The van der Waals surface area contributed by atoms with Gasteiger partial charge in [0.25, 0.3) is 0 Å². The number of rotatable bonds is 6. The summed E-state index contributed by atoms with van der Waals surface area (Å²) >= 11 is 0. The van der Waals surface area contributed by atoms with Crippen LogP contribution in [0.15, 0.2) is 30.3 Å². The Morgan fingerprint density at radius 3 is 2.49 bits per heavy atom. The average molecular weight is 483 g/mol. The second kappa shape index (κ2) is 10.0. The summed E-state index contributed by atoms with van der Waals surface area (Å²) < 4.78 is 5.58. The van der Waals surface area contributed by atoms with Crippen LogP contribution in [-0.2, 0) is 20.7 Å². The molecule has 2 aliphatic heterocycles. The molecular formula is C27H38N4O4. The fourth-order valence-electron chi connectivity index (χ4n) is 5.51. The minimum Gasteiger partial charge on any atom is -0.444 e. The minimum absolute atomic E-state index is 0.000878. The van der Waals surface area contributed by atoms with Crippen LogP contribution in [0, 0.1) is 5.92 Å². The van der Waals surface area contributed by atoms with E-state index in [0.717, 1.165) is 44.3 Å². The van der Waals surface area contributed by atoms with Gasteiger partial charge in [0.15, 0.2) is 0 Å². The van der Waals surface area contributed by atoms with Crippen molar-refractivity contribution in [1.82, 2.24) is 15.1 Å². The van der Waals surface area contributed by atoms with E-state index in [1.54, 1.807) is 4.90 Å². The van der Waals surface area contributed by atoms with E-state index < -0.39 is 29.7 Å². The highest BCUT2D eigenvalue weighted by molar-refractivity contribution is 5.91. The van der Waals surface area contributed by atoms with E-state index in [9.17, 15) is 14.4 Å². The van der Waals surface area contributed by atoms with Crippen molar-refractivity contribution in [3.05, 3.63) is 41.5 Å². The number of nitrogens with zero attached hydrogens (tertiary/aromatic N) is 2. The average Bonchev–Trinajstić information content (AvgIpc) is 3.40. The number of hydrogen-bond acceptors (Lipinski definition) is 5. The summed E-state index contributed by atoms with van der Waals surface area (Å²) in [5.74, 6) is -0.851. The Morgan fingerprint density at radius 1 is 1.17 bits per heavy atom. The van der Waals surface area contributed by atoms with E-state index in [-0.39, 0.29) is 17.9 Å². The fourth-order valence-corrected chi connectivity index (χ4v) is 5.51. The molecule has 3 aliphatic rings. The maximum atomic E-state index is 13.3. The number of likely N-dealkylation sites (tertiary alicyclic amines) is 1. The van der Waals surface area contributed by atoms with Crippen LogP contribution in [0.2, 0.25) is 0 Å². The van der Waals surface area contributed by atoms with Crippen molar-refractivity contribution in [3.8, 4) is 0 Å². The van der Waals surface area contributed by atoms with Crippen LogP contribution >= 0.6 is 0 Å². The number of piperidine rings is 1. The van der Waals surface area contributed by atoms with Crippen LogP contribution in [-0.4, -0.2) is 71.6 Å². The first-order valence-corrected chi connectivity index (χ1v) is 12.6. The third-order valence-corrected chi connectivity index (χ3v) is 7.29. The molecule has 0 spiro atoms. The number of hydrogen-bond donors (Lipinski definition) is 2. The maximum absolute atomic E-state index is 13.3. The Bertz CT molecular complexity index is 997. The molecule has 1 aromatic carbocycles. The zero-order chi connectivity index (χ0) is 25.3. The Hall–Kier alpha value is -2.87. The van der Waals surface area contributed by atoms with Gasteiger partial charge in [-0.3, -0.25) is 14.5 Å². The summed E-state index contributed by atoms with van der Waals surface area (Å²) in [7, 11) is 2.11. The zero-order valence-electron chi connectivity index (χ0n) is 21.3. The lowest BCUT2D eigenvalue weighted by molar-refractivity contribution is -0.132. The fraction of sp³-hybridized carbons (Fsp3) is 0.593. The molecule has 8 heteroatoms. The summed E-state index contributed by atoms with van der Waals surface area (Å²) in [6.07, 6.45) is 5.62. The predicted octanol–water partition coefficient (Wildman–Crippen LogP) is 2.71. The van der Waals surface area contributed by atoms with E-state index in [1.807, 2.05) is 32.9 Å². The summed E-state index contributed by atoms with van der Waals surface area (Å²) in [5, 5.41) is 2.84. The molecule has 4 atom stereocenters. The van der Waals surface area contributed by atoms with Gasteiger partial charge in [0, 0.05) is 25.6 Å². The van der Waals surface area contributed by atoms with Crippen molar-refractivity contribution in [1.29, 1.82) is 0 Å². The zero-order valence-corrected chi connectivity index (χ0v) is 21.3. The van der Waals surface area contributed by atoms with Crippen LogP contribution in [0.5, 0.6) is 0 Å². The molecule has 1 saturated carbocycles. The van der Waals surface area contributed by atoms with E-state index in [2.05, 4.69) is 35.5 Å². The molecule has 1 aromatic rings. The van der Waals surface area contributed by atoms with Crippen molar-refractivity contribution in [2.24, 2.45) is 11.7 Å². The second-order valence-corrected chi connectivity index (χ2v) is 11.2. The van der Waals surface area contributed by atoms with Crippen molar-refractivity contribution < 1.29 is 19.1 Å². The Labute approximate surface area is 207 Å². The molecule has 1 aliphatic carbocycles. The van der Waals surface area contributed by atoms with Gasteiger partial charge in [-0.2, -0.15) is 0 Å². The normalized spacial score (nSPS) is 25.2. The van der Waals surface area contributed by atoms with Crippen LogP contribution in [0.3, 0.4) is 0 Å². The van der Waals surface area contributed by atoms with Crippen LogP contribution in [0.25, 0.3) is 5.57 Å². The van der Waals surface area contributed by atoms with Crippen molar-refractivity contribution >= 4 is 23.5 Å². The third-order valence-electron chi connectivity index (χ3n) is 7.29. The lowest BCUT2D eigenvalue weighted by Crippen LogP contribution is -2.57. The summed E-state index contributed by atoms with van der Waals surface area (Å²) in [5.41, 5.74) is 8.45. The van der Waals surface area contributed by atoms with E-state index in [0.29, 0.717) is 6.42 Å². The molecule has 0 radical (unpaired) electrons. The van der Waals surface area contributed by atoms with Gasteiger partial charge in [0.2, 0.25) is 11.8 Å². The number of nitrogens with two attached hydrogens (primary N) is 1. The van der Waals surface area contributed by atoms with Gasteiger partial charge < -0.3 is 20.7 Å². The molecule has 3 amide bonds. The number of amides is 3. The first kappa shape index (κ1) is 25.2. The molecule has 0 aromatic heterocycles. The topological polar surface area (TPSA) is 105 Å². The van der Waals surface area contributed by atoms with E-state index in [4.69, 9.17) is 10.5 Å². The first-order chi connectivity index (χ1) is 16.5.